The molecule has 3 aromatic rings. The average molecular weight is 463 g/mol. The summed E-state index contributed by atoms with van der Waals surface area (Å²) in [5.41, 5.74) is 2.35. The van der Waals surface area contributed by atoms with Crippen LogP contribution in [0.3, 0.4) is 0 Å². The first kappa shape index (κ1) is 23.0. The van der Waals surface area contributed by atoms with Crippen molar-refractivity contribution in [1.29, 1.82) is 0 Å². The molecule has 0 amide bonds. The van der Waals surface area contributed by atoms with Crippen molar-refractivity contribution in [3.05, 3.63) is 59.0 Å². The van der Waals surface area contributed by atoms with E-state index in [1.165, 1.54) is 16.9 Å². The van der Waals surface area contributed by atoms with Crippen molar-refractivity contribution in [2.75, 3.05) is 37.6 Å². The highest BCUT2D eigenvalue weighted by molar-refractivity contribution is 6.30. The van der Waals surface area contributed by atoms with Gasteiger partial charge in [0.15, 0.2) is 5.78 Å². The number of aromatic hydroxyl groups is 1. The first-order chi connectivity index (χ1) is 14.5. The van der Waals surface area contributed by atoms with Crippen LogP contribution >= 0.6 is 24.0 Å². The quantitative estimate of drug-likeness (QED) is 0.562. The van der Waals surface area contributed by atoms with Crippen LogP contribution < -0.4 is 4.90 Å². The third-order valence-corrected chi connectivity index (χ3v) is 5.56. The van der Waals surface area contributed by atoms with Crippen molar-refractivity contribution in [3.8, 4) is 11.8 Å². The number of carbonyl (C=O) groups excluding carboxylic acids is 1. The summed E-state index contributed by atoms with van der Waals surface area (Å²) in [4.78, 5) is 25.4. The number of benzene rings is 1. The Morgan fingerprint density at radius 3 is 2.68 bits per heavy atom. The van der Waals surface area contributed by atoms with Gasteiger partial charge in [0, 0.05) is 62.1 Å². The zero-order valence-electron chi connectivity index (χ0n) is 17.1. The molecular formula is C21H24Cl2N6O2. The fraction of sp³-hybridized carbons (Fsp3) is 0.333. The number of carbonyl (C=O) groups is 1. The maximum atomic E-state index is 12.7. The van der Waals surface area contributed by atoms with Gasteiger partial charge in [-0.25, -0.2) is 9.67 Å². The minimum absolute atomic E-state index is 0. The highest BCUT2D eigenvalue weighted by Gasteiger charge is 2.20. The Hall–Kier alpha value is -2.68. The van der Waals surface area contributed by atoms with Gasteiger partial charge in [-0.3, -0.25) is 9.69 Å². The number of hydrogen-bond acceptors (Lipinski definition) is 7. The van der Waals surface area contributed by atoms with Gasteiger partial charge in [0.2, 0.25) is 5.88 Å². The number of piperazine rings is 1. The van der Waals surface area contributed by atoms with E-state index in [-0.39, 0.29) is 30.0 Å². The summed E-state index contributed by atoms with van der Waals surface area (Å²) in [6.07, 6.45) is 3.41. The average Bonchev–Trinajstić information content (AvgIpc) is 3.14. The first-order valence-corrected chi connectivity index (χ1v) is 10.2. The molecule has 0 unspecified atom stereocenters. The van der Waals surface area contributed by atoms with Crippen molar-refractivity contribution in [2.24, 2.45) is 0 Å². The van der Waals surface area contributed by atoms with Gasteiger partial charge in [0.1, 0.15) is 0 Å². The van der Waals surface area contributed by atoms with E-state index < -0.39 is 0 Å². The second-order valence-corrected chi connectivity index (χ2v) is 7.69. The molecule has 0 radical (unpaired) electrons. The van der Waals surface area contributed by atoms with E-state index in [1.807, 2.05) is 18.2 Å². The largest absolute Gasteiger partial charge is 0.493 e. The van der Waals surface area contributed by atoms with Crippen LogP contribution in [-0.4, -0.2) is 68.3 Å². The lowest BCUT2D eigenvalue weighted by molar-refractivity contribution is 0.0962. The molecule has 164 valence electrons. The van der Waals surface area contributed by atoms with Crippen molar-refractivity contribution < 1.29 is 9.90 Å². The molecule has 8 nitrogen and oxygen atoms in total. The molecule has 3 heterocycles. The third kappa shape index (κ3) is 5.33. The van der Waals surface area contributed by atoms with E-state index in [0.717, 1.165) is 36.9 Å². The smallest absolute Gasteiger partial charge is 0.254 e. The Bertz CT molecular complexity index is 1050. The second-order valence-electron chi connectivity index (χ2n) is 7.25. The SMILES string of the molecule is Cc1c(C(=O)CCN2CCN(c3cccc(Cl)c3)CC2)cnn1-c1nccc(O)n1.Cl. The molecule has 31 heavy (non-hydrogen) atoms. The minimum atomic E-state index is -0.139. The lowest BCUT2D eigenvalue weighted by Gasteiger charge is -2.36. The van der Waals surface area contributed by atoms with Crippen LogP contribution in [-0.2, 0) is 0 Å². The Morgan fingerprint density at radius 2 is 1.97 bits per heavy atom. The van der Waals surface area contributed by atoms with Gasteiger partial charge in [-0.1, -0.05) is 17.7 Å². The Kier molecular flexibility index (Phi) is 7.48. The van der Waals surface area contributed by atoms with Crippen LogP contribution in [0.1, 0.15) is 22.5 Å². The lowest BCUT2D eigenvalue weighted by atomic mass is 10.1. The summed E-state index contributed by atoms with van der Waals surface area (Å²) >= 11 is 6.10. The van der Waals surface area contributed by atoms with E-state index in [9.17, 15) is 9.90 Å². The molecule has 1 aromatic carbocycles. The van der Waals surface area contributed by atoms with Crippen molar-refractivity contribution in [2.45, 2.75) is 13.3 Å². The summed E-state index contributed by atoms with van der Waals surface area (Å²) in [6, 6.07) is 9.29. The molecule has 0 bridgehead atoms. The zero-order valence-corrected chi connectivity index (χ0v) is 18.7. The van der Waals surface area contributed by atoms with Gasteiger partial charge in [-0.05, 0) is 25.1 Å². The van der Waals surface area contributed by atoms with E-state index in [1.54, 1.807) is 13.1 Å². The predicted molar refractivity (Wildman–Crippen MR) is 122 cm³/mol. The summed E-state index contributed by atoms with van der Waals surface area (Å²) < 4.78 is 1.47. The monoisotopic (exact) mass is 462 g/mol. The summed E-state index contributed by atoms with van der Waals surface area (Å²) in [5, 5.41) is 14.5. The fourth-order valence-electron chi connectivity index (χ4n) is 3.62. The highest BCUT2D eigenvalue weighted by Crippen LogP contribution is 2.21. The molecule has 1 aliphatic rings. The molecule has 1 saturated heterocycles. The lowest BCUT2D eigenvalue weighted by Crippen LogP contribution is -2.46. The number of ketones is 1. The molecule has 1 aliphatic heterocycles. The van der Waals surface area contributed by atoms with Crippen molar-refractivity contribution in [3.63, 3.8) is 0 Å². The standard InChI is InChI=1S/C21H23ClN6O2.ClH/c1-15-18(14-24-28(15)21-23-7-5-20(30)25-21)19(29)6-8-26-9-11-27(12-10-26)17-4-2-3-16(22)13-17;/h2-5,7,13-14H,6,8-12H2,1H3,(H,23,25,30);1H. The molecule has 0 saturated carbocycles. The third-order valence-electron chi connectivity index (χ3n) is 5.33. The van der Waals surface area contributed by atoms with Crippen LogP contribution in [0.4, 0.5) is 5.69 Å². The minimum Gasteiger partial charge on any atom is -0.493 e. The van der Waals surface area contributed by atoms with Gasteiger partial charge in [-0.15, -0.1) is 12.4 Å². The number of hydrogen-bond donors (Lipinski definition) is 1. The number of nitrogens with zero attached hydrogens (tertiary/aromatic N) is 6. The van der Waals surface area contributed by atoms with E-state index >= 15 is 0 Å². The van der Waals surface area contributed by atoms with Gasteiger partial charge in [0.05, 0.1) is 17.5 Å². The van der Waals surface area contributed by atoms with Gasteiger partial charge in [0.25, 0.3) is 5.95 Å². The van der Waals surface area contributed by atoms with Crippen LogP contribution in [0, 0.1) is 6.92 Å². The second kappa shape index (κ2) is 10.1. The highest BCUT2D eigenvalue weighted by atomic mass is 35.5. The molecule has 1 fully saturated rings. The molecule has 10 heteroatoms. The molecular weight excluding hydrogens is 439 g/mol. The summed E-state index contributed by atoms with van der Waals surface area (Å²) in [5.74, 6) is 0.138. The predicted octanol–water partition coefficient (Wildman–Crippen LogP) is 3.15. The molecule has 0 atom stereocenters. The molecule has 4 rings (SSSR count). The fourth-order valence-corrected chi connectivity index (χ4v) is 3.81. The molecule has 0 aliphatic carbocycles. The molecule has 1 N–H and O–H groups in total. The van der Waals surface area contributed by atoms with Crippen molar-refractivity contribution >= 4 is 35.5 Å². The number of aromatic nitrogens is 4. The van der Waals surface area contributed by atoms with Crippen LogP contribution in [0.25, 0.3) is 5.95 Å². The number of rotatable bonds is 6. The molecule has 0 spiro atoms. The normalized spacial score (nSPS) is 14.3. The Balaban J connectivity index is 0.00000272. The van der Waals surface area contributed by atoms with Crippen LogP contribution in [0.15, 0.2) is 42.7 Å². The first-order valence-electron chi connectivity index (χ1n) is 9.84. The topological polar surface area (TPSA) is 87.4 Å². The van der Waals surface area contributed by atoms with E-state index in [2.05, 4.69) is 30.9 Å². The maximum Gasteiger partial charge on any atom is 0.254 e. The van der Waals surface area contributed by atoms with Gasteiger partial charge >= 0.3 is 0 Å². The Morgan fingerprint density at radius 1 is 1.19 bits per heavy atom. The number of halogens is 2. The van der Waals surface area contributed by atoms with Crippen LogP contribution in [0.5, 0.6) is 5.88 Å². The Labute approximate surface area is 191 Å². The van der Waals surface area contributed by atoms with Crippen LogP contribution in [0.2, 0.25) is 5.02 Å². The summed E-state index contributed by atoms with van der Waals surface area (Å²) in [7, 11) is 0. The van der Waals surface area contributed by atoms with Crippen molar-refractivity contribution in [1.82, 2.24) is 24.6 Å². The number of Topliss-reactive ketones (excluding diaryl/α,β-unsaturated/α-hetero) is 1. The van der Waals surface area contributed by atoms with E-state index in [4.69, 9.17) is 11.6 Å². The number of anilines is 1. The van der Waals surface area contributed by atoms with Gasteiger partial charge < -0.3 is 10.0 Å². The van der Waals surface area contributed by atoms with Gasteiger partial charge in [-0.2, -0.15) is 10.1 Å². The summed E-state index contributed by atoms with van der Waals surface area (Å²) in [6.45, 7) is 6.11. The maximum absolute atomic E-state index is 12.7. The van der Waals surface area contributed by atoms with E-state index in [0.29, 0.717) is 24.2 Å². The zero-order chi connectivity index (χ0) is 21.1. The molecule has 2 aromatic heterocycles.